The smallest absolute Gasteiger partial charge is 0.309 e. The van der Waals surface area contributed by atoms with Crippen molar-refractivity contribution >= 4 is 5.97 Å². The fraction of sp³-hybridized carbons (Fsp3) is 0.963. The Morgan fingerprint density at radius 1 is 0.970 bits per heavy atom. The van der Waals surface area contributed by atoms with Gasteiger partial charge in [-0.25, -0.2) is 0 Å². The molecule has 0 aromatic rings. The largest absolute Gasteiger partial charge is 0.469 e. The summed E-state index contributed by atoms with van der Waals surface area (Å²) in [5.74, 6) is 1.91. The summed E-state index contributed by atoms with van der Waals surface area (Å²) in [6.45, 7) is 6.69. The number of ether oxygens (including phenoxy) is 2. The maximum absolute atomic E-state index is 12.6. The highest BCUT2D eigenvalue weighted by atomic mass is 16.5. The Hall–Kier alpha value is -0.690. The number of aliphatic hydroxyl groups excluding tert-OH is 2. The minimum atomic E-state index is -0.571. The lowest BCUT2D eigenvalue weighted by Gasteiger charge is -2.64. The topological polar surface area (TPSA) is 102 Å². The van der Waals surface area contributed by atoms with E-state index in [-0.39, 0.29) is 40.5 Å². The first-order valence-corrected chi connectivity index (χ1v) is 13.4. The first-order valence-electron chi connectivity index (χ1n) is 13.4. The molecule has 33 heavy (non-hydrogen) atoms. The SMILES string of the molecule is COC(=O)C1CC[C@@]2(N)[C@@H]3CCC4CC(C5O[C@@H](C)[C@H](O)C[C@H]5O)CC[C@]4(C)[C@H]3CC[C@]12C. The van der Waals surface area contributed by atoms with Gasteiger partial charge in [-0.05, 0) is 99.2 Å². The molecule has 0 amide bonds. The highest BCUT2D eigenvalue weighted by molar-refractivity contribution is 5.74. The number of esters is 1. The van der Waals surface area contributed by atoms with Gasteiger partial charge in [-0.2, -0.15) is 0 Å². The van der Waals surface area contributed by atoms with Crippen molar-refractivity contribution in [2.24, 2.45) is 46.2 Å². The monoisotopic (exact) mass is 463 g/mol. The normalized spacial score (nSPS) is 56.4. The third-order valence-electron chi connectivity index (χ3n) is 11.8. The van der Waals surface area contributed by atoms with Gasteiger partial charge in [0, 0.05) is 12.0 Å². The first kappa shape index (κ1) is 24.0. The zero-order chi connectivity index (χ0) is 23.8. The highest BCUT2D eigenvalue weighted by Gasteiger charge is 2.67. The molecule has 0 radical (unpaired) electrons. The lowest BCUT2D eigenvalue weighted by atomic mass is 9.42. The summed E-state index contributed by atoms with van der Waals surface area (Å²) in [4.78, 5) is 12.6. The number of carbonyl (C=O) groups is 1. The summed E-state index contributed by atoms with van der Waals surface area (Å²) < 4.78 is 11.3. The van der Waals surface area contributed by atoms with Crippen molar-refractivity contribution in [3.63, 3.8) is 0 Å². The summed E-state index contributed by atoms with van der Waals surface area (Å²) in [5, 5.41) is 20.8. The lowest BCUT2D eigenvalue weighted by molar-refractivity contribution is -0.197. The van der Waals surface area contributed by atoms with E-state index in [1.165, 1.54) is 13.5 Å². The number of nitrogens with two attached hydrogens (primary N) is 1. The van der Waals surface area contributed by atoms with Crippen LogP contribution >= 0.6 is 0 Å². The van der Waals surface area contributed by atoms with E-state index in [2.05, 4.69) is 13.8 Å². The fourth-order valence-electron chi connectivity index (χ4n) is 9.61. The zero-order valence-electron chi connectivity index (χ0n) is 21.0. The van der Waals surface area contributed by atoms with Gasteiger partial charge in [-0.3, -0.25) is 4.79 Å². The third-order valence-corrected chi connectivity index (χ3v) is 11.8. The van der Waals surface area contributed by atoms with E-state index in [1.807, 2.05) is 6.92 Å². The molecular weight excluding hydrogens is 418 g/mol. The average molecular weight is 464 g/mol. The van der Waals surface area contributed by atoms with Crippen LogP contribution in [0.3, 0.4) is 0 Å². The maximum Gasteiger partial charge on any atom is 0.309 e. The summed E-state index contributed by atoms with van der Waals surface area (Å²) in [6, 6.07) is 0. The Labute approximate surface area is 199 Å². The van der Waals surface area contributed by atoms with Crippen LogP contribution in [0.15, 0.2) is 0 Å². The average Bonchev–Trinajstić information content (AvgIpc) is 3.06. The van der Waals surface area contributed by atoms with Gasteiger partial charge in [0.25, 0.3) is 0 Å². The molecule has 6 nitrogen and oxygen atoms in total. The predicted octanol–water partition coefficient (Wildman–Crippen LogP) is 3.42. The van der Waals surface area contributed by atoms with Gasteiger partial charge >= 0.3 is 5.97 Å². The Balaban J connectivity index is 1.34. The molecular formula is C27H45NO5. The highest BCUT2D eigenvalue weighted by Crippen LogP contribution is 2.68. The van der Waals surface area contributed by atoms with E-state index >= 15 is 0 Å². The minimum absolute atomic E-state index is 0.0722. The third kappa shape index (κ3) is 3.37. The predicted molar refractivity (Wildman–Crippen MR) is 125 cm³/mol. The molecule has 0 bridgehead atoms. The standard InChI is InChI=1S/C27H45NO5/c1-15-21(29)14-22(30)23(33-15)16-7-10-25(2)17(13-16)5-6-19-18(25)8-11-26(3)20(24(31)32-4)9-12-27(19,26)28/h15-23,29-30H,5-14,28H2,1-4H3/t15-,16?,17?,18-,19+,20?,21+,22+,23?,25-,26+,27+/m0/s1. The van der Waals surface area contributed by atoms with Crippen LogP contribution in [0.1, 0.15) is 85.0 Å². The number of hydrogen-bond donors (Lipinski definition) is 3. The summed E-state index contributed by atoms with van der Waals surface area (Å²) in [5.41, 5.74) is 7.14. The van der Waals surface area contributed by atoms with Crippen LogP contribution in [0.5, 0.6) is 0 Å². The van der Waals surface area contributed by atoms with Gasteiger partial charge in [-0.15, -0.1) is 0 Å². The molecule has 188 valence electrons. The molecule has 5 fully saturated rings. The van der Waals surface area contributed by atoms with E-state index in [0.29, 0.717) is 30.1 Å². The molecule has 5 rings (SSSR count). The number of aliphatic hydroxyl groups is 2. The van der Waals surface area contributed by atoms with Crippen molar-refractivity contribution < 1.29 is 24.5 Å². The van der Waals surface area contributed by atoms with Gasteiger partial charge in [-0.1, -0.05) is 13.8 Å². The Kier molecular flexibility index (Phi) is 5.95. The van der Waals surface area contributed by atoms with E-state index in [4.69, 9.17) is 15.2 Å². The number of hydrogen-bond acceptors (Lipinski definition) is 6. The molecule has 4 saturated carbocycles. The van der Waals surface area contributed by atoms with Crippen LogP contribution < -0.4 is 5.73 Å². The summed E-state index contributed by atoms with van der Waals surface area (Å²) >= 11 is 0. The molecule has 1 heterocycles. The summed E-state index contributed by atoms with van der Waals surface area (Å²) in [6.07, 6.45) is 8.49. The van der Waals surface area contributed by atoms with Gasteiger partial charge in [0.15, 0.2) is 0 Å². The Morgan fingerprint density at radius 3 is 2.45 bits per heavy atom. The zero-order valence-corrected chi connectivity index (χ0v) is 21.0. The Morgan fingerprint density at radius 2 is 1.73 bits per heavy atom. The fourth-order valence-corrected chi connectivity index (χ4v) is 9.61. The van der Waals surface area contributed by atoms with Crippen LogP contribution in [0, 0.1) is 40.4 Å². The van der Waals surface area contributed by atoms with Crippen molar-refractivity contribution in [1.29, 1.82) is 0 Å². The molecule has 0 aromatic heterocycles. The quantitative estimate of drug-likeness (QED) is 0.543. The number of rotatable bonds is 2. The molecule has 1 saturated heterocycles. The van der Waals surface area contributed by atoms with Crippen molar-refractivity contribution in [3.05, 3.63) is 0 Å². The van der Waals surface area contributed by atoms with Gasteiger partial charge in [0.05, 0.1) is 37.4 Å². The van der Waals surface area contributed by atoms with Gasteiger partial charge in [0.1, 0.15) is 0 Å². The molecule has 5 aliphatic rings. The molecule has 0 aromatic carbocycles. The van der Waals surface area contributed by atoms with E-state index in [1.54, 1.807) is 0 Å². The van der Waals surface area contributed by atoms with Gasteiger partial charge < -0.3 is 25.4 Å². The van der Waals surface area contributed by atoms with Crippen molar-refractivity contribution in [1.82, 2.24) is 0 Å². The molecule has 0 spiro atoms. The Bertz CT molecular complexity index is 776. The minimum Gasteiger partial charge on any atom is -0.469 e. The second kappa shape index (κ2) is 8.18. The van der Waals surface area contributed by atoms with Crippen LogP contribution in [-0.2, 0) is 14.3 Å². The van der Waals surface area contributed by atoms with Crippen molar-refractivity contribution in [3.8, 4) is 0 Å². The number of carbonyl (C=O) groups excluding carboxylic acids is 1. The maximum atomic E-state index is 12.6. The van der Waals surface area contributed by atoms with Crippen LogP contribution in [0.25, 0.3) is 0 Å². The van der Waals surface area contributed by atoms with Crippen molar-refractivity contribution in [2.45, 2.75) is 115 Å². The molecule has 12 atom stereocenters. The van der Waals surface area contributed by atoms with Crippen molar-refractivity contribution in [2.75, 3.05) is 7.11 Å². The number of fused-ring (bicyclic) bond motifs is 5. The van der Waals surface area contributed by atoms with E-state index < -0.39 is 12.2 Å². The lowest BCUT2D eigenvalue weighted by Crippen LogP contribution is -2.67. The second-order valence-electron chi connectivity index (χ2n) is 12.8. The molecule has 4 N–H and O–H groups in total. The van der Waals surface area contributed by atoms with E-state index in [9.17, 15) is 15.0 Å². The molecule has 6 heteroatoms. The molecule has 4 unspecified atom stereocenters. The van der Waals surface area contributed by atoms with Crippen LogP contribution in [0.4, 0.5) is 0 Å². The van der Waals surface area contributed by atoms with Gasteiger partial charge in [0.2, 0.25) is 0 Å². The second-order valence-corrected chi connectivity index (χ2v) is 12.8. The summed E-state index contributed by atoms with van der Waals surface area (Å²) in [7, 11) is 1.51. The van der Waals surface area contributed by atoms with E-state index in [0.717, 1.165) is 51.4 Å². The first-order chi connectivity index (χ1) is 15.5. The number of methoxy groups -OCH3 is 1. The van der Waals surface area contributed by atoms with Crippen LogP contribution in [0.2, 0.25) is 0 Å². The molecule has 1 aliphatic heterocycles. The van der Waals surface area contributed by atoms with Crippen LogP contribution in [-0.4, -0.2) is 53.2 Å². The molecule has 4 aliphatic carbocycles.